The van der Waals surface area contributed by atoms with Crippen molar-refractivity contribution in [2.24, 2.45) is 0 Å². The predicted octanol–water partition coefficient (Wildman–Crippen LogP) is 4.43. The summed E-state index contributed by atoms with van der Waals surface area (Å²) in [6, 6.07) is 8.57. The lowest BCUT2D eigenvalue weighted by Gasteiger charge is -2.30. The van der Waals surface area contributed by atoms with Gasteiger partial charge in [-0.15, -0.1) is 0 Å². The van der Waals surface area contributed by atoms with E-state index in [2.05, 4.69) is 27.9 Å². The van der Waals surface area contributed by atoms with Crippen molar-refractivity contribution in [3.05, 3.63) is 51.7 Å². The molecule has 3 rings (SSSR count). The maximum atomic E-state index is 13.7. The number of aromatic nitrogens is 2. The molecule has 0 saturated heterocycles. The molecular formula is C21H28FN3O. The zero-order chi connectivity index (χ0) is 18.5. The van der Waals surface area contributed by atoms with E-state index in [1.807, 2.05) is 18.2 Å². The molecule has 0 aliphatic heterocycles. The van der Waals surface area contributed by atoms with Crippen LogP contribution >= 0.6 is 0 Å². The van der Waals surface area contributed by atoms with Crippen molar-refractivity contribution in [1.82, 2.24) is 14.9 Å². The monoisotopic (exact) mass is 357 g/mol. The van der Waals surface area contributed by atoms with Gasteiger partial charge in [0.05, 0.1) is 5.69 Å². The largest absolute Gasteiger partial charge is 0.304 e. The maximum absolute atomic E-state index is 13.7. The van der Waals surface area contributed by atoms with E-state index in [0.717, 1.165) is 24.2 Å². The molecule has 1 aliphatic rings. The first-order valence-electron chi connectivity index (χ1n) is 9.69. The van der Waals surface area contributed by atoms with Gasteiger partial charge in [-0.25, -0.2) is 4.98 Å². The molecule has 1 aromatic carbocycles. The average Bonchev–Trinajstić information content (AvgIpc) is 2.93. The van der Waals surface area contributed by atoms with Crippen LogP contribution in [-0.4, -0.2) is 27.5 Å². The van der Waals surface area contributed by atoms with Crippen LogP contribution in [0.3, 0.4) is 0 Å². The predicted molar refractivity (Wildman–Crippen MR) is 103 cm³/mol. The van der Waals surface area contributed by atoms with Gasteiger partial charge in [-0.2, -0.15) is 4.39 Å². The minimum atomic E-state index is -0.806. The van der Waals surface area contributed by atoms with E-state index in [1.54, 1.807) is 0 Å². The summed E-state index contributed by atoms with van der Waals surface area (Å²) < 4.78 is 13.7. The molecule has 140 valence electrons. The average molecular weight is 357 g/mol. The fourth-order valence-electron chi connectivity index (χ4n) is 3.93. The van der Waals surface area contributed by atoms with Gasteiger partial charge < -0.3 is 4.98 Å². The quantitative estimate of drug-likeness (QED) is 0.806. The van der Waals surface area contributed by atoms with Crippen LogP contribution < -0.4 is 5.56 Å². The Balaban J connectivity index is 1.90. The number of halogens is 1. The molecule has 26 heavy (non-hydrogen) atoms. The smallest absolute Gasteiger partial charge is 0.287 e. The molecule has 0 amide bonds. The zero-order valence-electron chi connectivity index (χ0n) is 15.7. The van der Waals surface area contributed by atoms with E-state index < -0.39 is 11.4 Å². The normalized spacial score (nSPS) is 16.0. The molecule has 1 fully saturated rings. The Bertz CT molecular complexity index is 794. The standard InChI is InChI=1S/C21H28FN3O/c1-3-25(17-11-6-4-5-7-12-17)14-16-10-8-9-13-18(16)20-23-15(2)19(22)21(26)24-20/h8-10,13,17H,3-7,11-12,14H2,1-2H3,(H,23,24,26). The topological polar surface area (TPSA) is 49.0 Å². The highest BCUT2D eigenvalue weighted by Gasteiger charge is 2.20. The highest BCUT2D eigenvalue weighted by Crippen LogP contribution is 2.26. The molecule has 1 saturated carbocycles. The highest BCUT2D eigenvalue weighted by atomic mass is 19.1. The summed E-state index contributed by atoms with van der Waals surface area (Å²) in [6.45, 7) is 5.54. The van der Waals surface area contributed by atoms with Crippen molar-refractivity contribution in [3.8, 4) is 11.4 Å². The first-order valence-corrected chi connectivity index (χ1v) is 9.69. The zero-order valence-corrected chi connectivity index (χ0v) is 15.7. The van der Waals surface area contributed by atoms with Crippen LogP contribution in [0.2, 0.25) is 0 Å². The molecule has 1 aromatic heterocycles. The lowest BCUT2D eigenvalue weighted by molar-refractivity contribution is 0.180. The first-order chi connectivity index (χ1) is 12.6. The molecule has 0 unspecified atom stereocenters. The van der Waals surface area contributed by atoms with Gasteiger partial charge in [-0.05, 0) is 31.9 Å². The van der Waals surface area contributed by atoms with Crippen molar-refractivity contribution < 1.29 is 4.39 Å². The number of H-pyrrole nitrogens is 1. The Kier molecular flexibility index (Phi) is 6.20. The molecular weight excluding hydrogens is 329 g/mol. The van der Waals surface area contributed by atoms with Crippen LogP contribution in [0.15, 0.2) is 29.1 Å². The lowest BCUT2D eigenvalue weighted by atomic mass is 10.0. The van der Waals surface area contributed by atoms with Gasteiger partial charge in [0.15, 0.2) is 0 Å². The summed E-state index contributed by atoms with van der Waals surface area (Å²) in [5.74, 6) is -0.360. The number of hydrogen-bond donors (Lipinski definition) is 1. The number of rotatable bonds is 5. The van der Waals surface area contributed by atoms with Gasteiger partial charge in [0, 0.05) is 18.2 Å². The van der Waals surface area contributed by atoms with Gasteiger partial charge >= 0.3 is 0 Å². The van der Waals surface area contributed by atoms with E-state index in [-0.39, 0.29) is 5.69 Å². The van der Waals surface area contributed by atoms with Crippen molar-refractivity contribution in [1.29, 1.82) is 0 Å². The third-order valence-corrected chi connectivity index (χ3v) is 5.42. The minimum Gasteiger partial charge on any atom is -0.304 e. The molecule has 1 aliphatic carbocycles. The van der Waals surface area contributed by atoms with Crippen molar-refractivity contribution in [2.45, 2.75) is 65.0 Å². The summed E-state index contributed by atoms with van der Waals surface area (Å²) >= 11 is 0. The third-order valence-electron chi connectivity index (χ3n) is 5.42. The number of nitrogens with one attached hydrogen (secondary N) is 1. The third kappa shape index (κ3) is 4.21. The Morgan fingerprint density at radius 1 is 1.19 bits per heavy atom. The van der Waals surface area contributed by atoms with Gasteiger partial charge in [-0.1, -0.05) is 56.9 Å². The number of aryl methyl sites for hydroxylation is 1. The fraction of sp³-hybridized carbons (Fsp3) is 0.524. The second-order valence-electron chi connectivity index (χ2n) is 7.18. The van der Waals surface area contributed by atoms with Crippen LogP contribution in [0.25, 0.3) is 11.4 Å². The number of aromatic amines is 1. The van der Waals surface area contributed by atoms with Crippen LogP contribution in [0.1, 0.15) is 56.7 Å². The van der Waals surface area contributed by atoms with Gasteiger partial charge in [0.1, 0.15) is 5.82 Å². The highest BCUT2D eigenvalue weighted by molar-refractivity contribution is 5.60. The Morgan fingerprint density at radius 2 is 1.88 bits per heavy atom. The summed E-state index contributed by atoms with van der Waals surface area (Å²) in [7, 11) is 0. The van der Waals surface area contributed by atoms with Crippen LogP contribution in [0, 0.1) is 12.7 Å². The molecule has 4 nitrogen and oxygen atoms in total. The number of hydrogen-bond acceptors (Lipinski definition) is 3. The first kappa shape index (κ1) is 18.8. The van der Waals surface area contributed by atoms with Crippen LogP contribution in [0.5, 0.6) is 0 Å². The summed E-state index contributed by atoms with van der Waals surface area (Å²) in [6.07, 6.45) is 7.78. The SMILES string of the molecule is CCN(Cc1ccccc1-c1nc(C)c(F)c(=O)[nH]1)C1CCCCCC1. The number of benzene rings is 1. The van der Waals surface area contributed by atoms with E-state index in [4.69, 9.17) is 0 Å². The van der Waals surface area contributed by atoms with Gasteiger partial charge in [0.25, 0.3) is 5.56 Å². The summed E-state index contributed by atoms with van der Waals surface area (Å²) in [4.78, 5) is 21.2. The molecule has 1 heterocycles. The molecule has 0 radical (unpaired) electrons. The van der Waals surface area contributed by atoms with Crippen molar-refractivity contribution >= 4 is 0 Å². The Hall–Kier alpha value is -2.01. The van der Waals surface area contributed by atoms with Crippen LogP contribution in [0.4, 0.5) is 4.39 Å². The molecule has 0 bridgehead atoms. The Labute approximate surface area is 154 Å². The van der Waals surface area contributed by atoms with Gasteiger partial charge in [0.2, 0.25) is 5.82 Å². The summed E-state index contributed by atoms with van der Waals surface area (Å²) in [5, 5.41) is 0. The minimum absolute atomic E-state index is 0.134. The van der Waals surface area contributed by atoms with Crippen LogP contribution in [-0.2, 0) is 6.54 Å². The van der Waals surface area contributed by atoms with Gasteiger partial charge in [-0.3, -0.25) is 9.69 Å². The van der Waals surface area contributed by atoms with E-state index in [0.29, 0.717) is 11.9 Å². The maximum Gasteiger partial charge on any atom is 0.287 e. The van der Waals surface area contributed by atoms with E-state index in [9.17, 15) is 9.18 Å². The lowest BCUT2D eigenvalue weighted by Crippen LogP contribution is -2.34. The molecule has 5 heteroatoms. The van der Waals surface area contributed by atoms with Crippen molar-refractivity contribution in [3.63, 3.8) is 0 Å². The molecule has 0 atom stereocenters. The second kappa shape index (κ2) is 8.58. The molecule has 2 aromatic rings. The van der Waals surface area contributed by atoms with E-state index in [1.165, 1.54) is 45.4 Å². The molecule has 1 N–H and O–H groups in total. The number of nitrogens with zero attached hydrogens (tertiary/aromatic N) is 2. The Morgan fingerprint density at radius 3 is 2.54 bits per heavy atom. The summed E-state index contributed by atoms with van der Waals surface area (Å²) in [5.41, 5.74) is 1.42. The van der Waals surface area contributed by atoms with E-state index >= 15 is 0 Å². The van der Waals surface area contributed by atoms with Crippen molar-refractivity contribution in [2.75, 3.05) is 6.54 Å². The second-order valence-corrected chi connectivity index (χ2v) is 7.18. The molecule has 0 spiro atoms. The fourth-order valence-corrected chi connectivity index (χ4v) is 3.93.